The number of hydrogen-bond donors (Lipinski definition) is 3. The molecular formula is C13H22N2O. The summed E-state index contributed by atoms with van der Waals surface area (Å²) in [6, 6.07) is 6.69. The van der Waals surface area contributed by atoms with E-state index in [0.29, 0.717) is 11.3 Å². The molecule has 0 bridgehead atoms. The fourth-order valence-corrected chi connectivity index (χ4v) is 1.26. The number of hydrogen-bond acceptors (Lipinski definition) is 3. The van der Waals surface area contributed by atoms with Gasteiger partial charge in [-0.1, -0.05) is 12.1 Å². The zero-order valence-corrected chi connectivity index (χ0v) is 10.1. The first-order chi connectivity index (χ1) is 8.12. The van der Waals surface area contributed by atoms with E-state index >= 15 is 0 Å². The van der Waals surface area contributed by atoms with Gasteiger partial charge in [-0.25, -0.2) is 0 Å². The van der Waals surface area contributed by atoms with Crippen molar-refractivity contribution in [3.8, 4) is 0 Å². The van der Waals surface area contributed by atoms with E-state index in [-0.39, 0.29) is 12.1 Å². The first-order valence-electron chi connectivity index (χ1n) is 6.40. The lowest BCUT2D eigenvalue weighted by Gasteiger charge is -2.21. The Morgan fingerprint density at radius 3 is 2.75 bits per heavy atom. The van der Waals surface area contributed by atoms with Gasteiger partial charge in [-0.15, -0.1) is 0 Å². The summed E-state index contributed by atoms with van der Waals surface area (Å²) in [6.45, 7) is 5.94. The van der Waals surface area contributed by atoms with Crippen molar-refractivity contribution < 1.29 is 7.85 Å². The topological polar surface area (TPSA) is 58.3 Å². The molecule has 4 N–H and O–H groups in total. The van der Waals surface area contributed by atoms with Gasteiger partial charge in [0.1, 0.15) is 0 Å². The second-order valence-corrected chi connectivity index (χ2v) is 4.88. The van der Waals surface area contributed by atoms with Gasteiger partial charge < -0.3 is 16.2 Å². The van der Waals surface area contributed by atoms with Crippen LogP contribution in [0.3, 0.4) is 0 Å². The van der Waals surface area contributed by atoms with Crippen LogP contribution < -0.4 is 11.1 Å². The van der Waals surface area contributed by atoms with Crippen LogP contribution in [0, 0.1) is 0 Å². The molecule has 0 saturated carbocycles. The minimum Gasteiger partial charge on any atom is -0.399 e. The van der Waals surface area contributed by atoms with Crippen LogP contribution in [-0.4, -0.2) is 17.2 Å². The molecule has 0 spiro atoms. The van der Waals surface area contributed by atoms with Crippen molar-refractivity contribution in [1.82, 2.24) is 5.32 Å². The van der Waals surface area contributed by atoms with Gasteiger partial charge in [0.15, 0.2) is 0 Å². The van der Waals surface area contributed by atoms with Gasteiger partial charge in [0.05, 0.1) is 6.10 Å². The lowest BCUT2D eigenvalue weighted by atomic mass is 10.0. The highest BCUT2D eigenvalue weighted by Gasteiger charge is 2.11. The van der Waals surface area contributed by atoms with E-state index < -0.39 is 12.5 Å². The van der Waals surface area contributed by atoms with Gasteiger partial charge in [0, 0.05) is 14.0 Å². The molecular weight excluding hydrogens is 200 g/mol. The second kappa shape index (κ2) is 5.32. The van der Waals surface area contributed by atoms with E-state index in [4.69, 9.17) is 8.48 Å². The summed E-state index contributed by atoms with van der Waals surface area (Å²) in [5, 5.41) is 13.2. The molecule has 0 amide bonds. The zero-order chi connectivity index (χ0) is 14.0. The quantitative estimate of drug-likeness (QED) is 0.686. The Hall–Kier alpha value is -1.06. The maximum absolute atomic E-state index is 10.1. The minimum atomic E-state index is -1.75. The van der Waals surface area contributed by atoms with E-state index in [9.17, 15) is 5.11 Å². The van der Waals surface area contributed by atoms with E-state index in [1.807, 2.05) is 20.8 Å². The number of benzene rings is 1. The molecule has 3 heteroatoms. The lowest BCUT2D eigenvalue weighted by molar-refractivity contribution is 0.163. The van der Waals surface area contributed by atoms with Crippen LogP contribution in [0.2, 0.25) is 0 Å². The van der Waals surface area contributed by atoms with Crippen molar-refractivity contribution in [1.29, 1.82) is 0 Å². The third-order valence-electron chi connectivity index (χ3n) is 2.14. The monoisotopic (exact) mass is 224 g/mol. The van der Waals surface area contributed by atoms with Crippen LogP contribution in [0.15, 0.2) is 24.3 Å². The molecule has 3 nitrogen and oxygen atoms in total. The average Bonchev–Trinajstić information content (AvgIpc) is 2.25. The van der Waals surface area contributed by atoms with Gasteiger partial charge >= 0.3 is 0 Å². The molecule has 0 aliphatic heterocycles. The first-order valence-corrected chi connectivity index (χ1v) is 5.40. The Morgan fingerprint density at radius 1 is 1.50 bits per heavy atom. The number of nitrogens with two attached hydrogens (primary N) is 1. The maximum Gasteiger partial charge on any atom is 0.0802 e. The Labute approximate surface area is 100 Å². The summed E-state index contributed by atoms with van der Waals surface area (Å²) >= 11 is 0. The van der Waals surface area contributed by atoms with Gasteiger partial charge in [-0.2, -0.15) is 0 Å². The maximum atomic E-state index is 10.1. The van der Waals surface area contributed by atoms with Crippen molar-refractivity contribution >= 4 is 5.69 Å². The van der Waals surface area contributed by atoms with Crippen LogP contribution in [0.1, 0.15) is 41.6 Å². The molecule has 0 heterocycles. The van der Waals surface area contributed by atoms with Crippen molar-refractivity contribution in [2.75, 3.05) is 12.3 Å². The fourth-order valence-electron chi connectivity index (χ4n) is 1.26. The molecule has 1 rings (SSSR count). The van der Waals surface area contributed by atoms with Gasteiger partial charge in [0.2, 0.25) is 0 Å². The number of nitrogen functional groups attached to an aromatic ring is 1. The smallest absolute Gasteiger partial charge is 0.0802 e. The van der Waals surface area contributed by atoms with E-state index in [0.717, 1.165) is 0 Å². The molecule has 90 valence electrons. The van der Waals surface area contributed by atoms with Gasteiger partial charge in [-0.3, -0.25) is 0 Å². The highest BCUT2D eigenvalue weighted by atomic mass is 16.3. The largest absolute Gasteiger partial charge is 0.399 e. The summed E-state index contributed by atoms with van der Waals surface area (Å²) in [6.07, 6.45) is -2.95. The predicted octanol–water partition coefficient (Wildman–Crippen LogP) is 2.08. The minimum absolute atomic E-state index is 0.0759. The Balaban J connectivity index is 2.78. The van der Waals surface area contributed by atoms with Crippen LogP contribution >= 0.6 is 0 Å². The molecule has 1 atom stereocenters. The molecule has 1 unspecified atom stereocenters. The lowest BCUT2D eigenvalue weighted by Crippen LogP contribution is -2.36. The third-order valence-corrected chi connectivity index (χ3v) is 2.14. The number of aliphatic hydroxyl groups is 1. The summed E-state index contributed by atoms with van der Waals surface area (Å²) in [5.74, 6) is 0. The molecule has 0 aliphatic carbocycles. The molecule has 1 aromatic carbocycles. The summed E-state index contributed by atoms with van der Waals surface area (Å²) < 4.78 is 15.9. The predicted molar refractivity (Wildman–Crippen MR) is 68.2 cm³/mol. The normalized spacial score (nSPS) is 16.5. The fraction of sp³-hybridized carbons (Fsp3) is 0.538. The highest BCUT2D eigenvalue weighted by Crippen LogP contribution is 2.18. The van der Waals surface area contributed by atoms with Crippen molar-refractivity contribution in [2.24, 2.45) is 0 Å². The number of rotatable bonds is 4. The van der Waals surface area contributed by atoms with E-state index in [2.05, 4.69) is 5.32 Å². The molecule has 0 radical (unpaired) electrons. The summed E-state index contributed by atoms with van der Waals surface area (Å²) in [7, 11) is 0. The molecule has 0 saturated heterocycles. The Bertz CT molecular complexity index is 402. The second-order valence-electron chi connectivity index (χ2n) is 4.88. The van der Waals surface area contributed by atoms with Gasteiger partial charge in [0.25, 0.3) is 0 Å². The molecule has 16 heavy (non-hydrogen) atoms. The average molecular weight is 224 g/mol. The summed E-state index contributed by atoms with van der Waals surface area (Å²) in [4.78, 5) is 0. The molecule has 0 fully saturated rings. The van der Waals surface area contributed by atoms with Crippen LogP contribution in [0.25, 0.3) is 0 Å². The van der Waals surface area contributed by atoms with Crippen LogP contribution in [0.5, 0.6) is 0 Å². The van der Waals surface area contributed by atoms with E-state index in [1.54, 1.807) is 24.3 Å². The van der Waals surface area contributed by atoms with E-state index in [1.165, 1.54) is 0 Å². The first kappa shape index (κ1) is 10.1. The standard InChI is InChI=1S/C13H22N2O/c1-13(2,3)15-8-7-12(16)10-5-4-6-11(14)9-10/h4-6,9,12,15-16H,7-8,14H2,1-3H3/i7D2. The Kier molecular flexibility index (Phi) is 3.37. The van der Waals surface area contributed by atoms with Crippen molar-refractivity contribution in [3.05, 3.63) is 29.8 Å². The van der Waals surface area contributed by atoms with Crippen LogP contribution in [0.4, 0.5) is 5.69 Å². The third kappa shape index (κ3) is 4.64. The van der Waals surface area contributed by atoms with Crippen molar-refractivity contribution in [2.45, 2.75) is 38.8 Å². The SMILES string of the molecule is [2H]C([2H])(CNC(C)(C)C)C(O)c1cccc(N)c1. The molecule has 1 aromatic rings. The molecule has 0 aliphatic rings. The number of aliphatic hydroxyl groups excluding tert-OH is 1. The number of nitrogens with one attached hydrogen (secondary N) is 1. The van der Waals surface area contributed by atoms with Gasteiger partial charge in [-0.05, 0) is 51.4 Å². The summed E-state index contributed by atoms with van der Waals surface area (Å²) in [5.41, 5.74) is 6.46. The molecule has 0 aromatic heterocycles. The Morgan fingerprint density at radius 2 is 2.19 bits per heavy atom. The highest BCUT2D eigenvalue weighted by molar-refractivity contribution is 5.41. The number of anilines is 1. The zero-order valence-electron chi connectivity index (χ0n) is 12.1. The van der Waals surface area contributed by atoms with Crippen molar-refractivity contribution in [3.63, 3.8) is 0 Å². The van der Waals surface area contributed by atoms with Crippen LogP contribution in [-0.2, 0) is 0 Å².